The average molecular weight is 357 g/mol. The van der Waals surface area contributed by atoms with Gasteiger partial charge in [0.15, 0.2) is 0 Å². The van der Waals surface area contributed by atoms with Crippen LogP contribution in [-0.2, 0) is 4.79 Å². The molecule has 2 heterocycles. The van der Waals surface area contributed by atoms with E-state index < -0.39 is 0 Å². The van der Waals surface area contributed by atoms with Crippen molar-refractivity contribution in [3.8, 4) is 11.8 Å². The van der Waals surface area contributed by atoms with E-state index in [1.54, 1.807) is 38.7 Å². The summed E-state index contributed by atoms with van der Waals surface area (Å²) >= 11 is 2.94. The Kier molecular flexibility index (Phi) is 18.4. The molecule has 0 amide bonds. The van der Waals surface area contributed by atoms with Crippen LogP contribution in [0.2, 0.25) is 0 Å². The number of carbonyl (C=O) groups is 1. The first-order valence-electron chi connectivity index (χ1n) is 5.96. The van der Waals surface area contributed by atoms with Crippen molar-refractivity contribution in [1.82, 2.24) is 9.97 Å². The fourth-order valence-corrected chi connectivity index (χ4v) is 0.936. The van der Waals surface area contributed by atoms with Gasteiger partial charge in [-0.15, -0.1) is 0 Å². The zero-order chi connectivity index (χ0) is 16.3. The van der Waals surface area contributed by atoms with E-state index in [2.05, 4.69) is 25.9 Å². The van der Waals surface area contributed by atoms with Gasteiger partial charge in [-0.2, -0.15) is 0 Å². The van der Waals surface area contributed by atoms with E-state index >= 15 is 0 Å². The second-order valence-corrected chi connectivity index (χ2v) is 2.98. The van der Waals surface area contributed by atoms with Gasteiger partial charge in [0.1, 0.15) is 6.29 Å². The summed E-state index contributed by atoms with van der Waals surface area (Å²) < 4.78 is 9.61. The fourth-order valence-electron chi connectivity index (χ4n) is 0.936. The standard InChI is InChI=1S/2C6H7NO.C2H4O.CH3Br/c2*1-8-6-4-2-3-5-7-6;1-2-3;1-2/h2*2-5H,1H3;2H,1H3;1H3. The van der Waals surface area contributed by atoms with Gasteiger partial charge in [0.2, 0.25) is 11.8 Å². The number of ether oxygens (including phenoxy) is 2. The maximum absolute atomic E-state index is 8.81. The van der Waals surface area contributed by atoms with Gasteiger partial charge in [-0.3, -0.25) is 0 Å². The molecule has 116 valence electrons. The number of halogens is 1. The number of hydrogen-bond donors (Lipinski definition) is 0. The summed E-state index contributed by atoms with van der Waals surface area (Å²) in [6.07, 6.45) is 4.14. The van der Waals surface area contributed by atoms with E-state index in [0.29, 0.717) is 11.8 Å². The molecule has 2 aromatic rings. The highest BCUT2D eigenvalue weighted by molar-refractivity contribution is 9.08. The smallest absolute Gasteiger partial charge is 0.212 e. The molecule has 0 bridgehead atoms. The lowest BCUT2D eigenvalue weighted by atomic mass is 10.5. The van der Waals surface area contributed by atoms with E-state index in [9.17, 15) is 0 Å². The topological polar surface area (TPSA) is 61.3 Å². The molecule has 0 N–H and O–H groups in total. The second kappa shape index (κ2) is 18.0. The molecule has 2 aromatic heterocycles. The van der Waals surface area contributed by atoms with Crippen molar-refractivity contribution in [3.63, 3.8) is 0 Å². The third-order valence-corrected chi connectivity index (χ3v) is 1.69. The van der Waals surface area contributed by atoms with Gasteiger partial charge in [0.25, 0.3) is 0 Å². The number of alkyl halides is 1. The van der Waals surface area contributed by atoms with E-state index in [1.165, 1.54) is 6.92 Å². The highest BCUT2D eigenvalue weighted by Crippen LogP contribution is 2.00. The molecule has 0 radical (unpaired) electrons. The molecule has 0 fully saturated rings. The zero-order valence-corrected chi connectivity index (χ0v) is 14.3. The van der Waals surface area contributed by atoms with Crippen molar-refractivity contribution in [2.45, 2.75) is 6.92 Å². The number of pyridine rings is 2. The second-order valence-electron chi connectivity index (χ2n) is 2.98. The minimum absolute atomic E-state index is 0.660. The maximum atomic E-state index is 8.81. The molecule has 0 saturated heterocycles. The van der Waals surface area contributed by atoms with Gasteiger partial charge in [0, 0.05) is 24.5 Å². The van der Waals surface area contributed by atoms with Crippen molar-refractivity contribution in [2.24, 2.45) is 0 Å². The SMILES string of the molecule is CBr.CC=O.COc1ccccn1.COc1ccccn1. The summed E-state index contributed by atoms with van der Waals surface area (Å²) in [5, 5.41) is 0. The van der Waals surface area contributed by atoms with Gasteiger partial charge in [-0.1, -0.05) is 28.1 Å². The van der Waals surface area contributed by atoms with Crippen LogP contribution in [0.3, 0.4) is 0 Å². The summed E-state index contributed by atoms with van der Waals surface area (Å²) in [6.45, 7) is 1.44. The van der Waals surface area contributed by atoms with E-state index in [0.717, 1.165) is 6.29 Å². The third-order valence-electron chi connectivity index (χ3n) is 1.69. The maximum Gasteiger partial charge on any atom is 0.212 e. The predicted molar refractivity (Wildman–Crippen MR) is 88.2 cm³/mol. The van der Waals surface area contributed by atoms with Gasteiger partial charge >= 0.3 is 0 Å². The van der Waals surface area contributed by atoms with Crippen LogP contribution in [0.25, 0.3) is 0 Å². The predicted octanol–water partition coefficient (Wildman–Crippen LogP) is 3.40. The van der Waals surface area contributed by atoms with Crippen LogP contribution in [-0.4, -0.2) is 36.3 Å². The highest BCUT2D eigenvalue weighted by atomic mass is 79.9. The molecule has 0 atom stereocenters. The molecule has 0 aliphatic rings. The molecule has 0 saturated carbocycles. The minimum Gasteiger partial charge on any atom is -0.481 e. The Labute approximate surface area is 134 Å². The number of rotatable bonds is 2. The van der Waals surface area contributed by atoms with Crippen molar-refractivity contribution in [3.05, 3.63) is 48.8 Å². The largest absolute Gasteiger partial charge is 0.481 e. The first kappa shape index (κ1) is 21.4. The van der Waals surface area contributed by atoms with Crippen LogP contribution >= 0.6 is 15.9 Å². The van der Waals surface area contributed by atoms with Crippen LogP contribution in [0, 0.1) is 0 Å². The lowest BCUT2D eigenvalue weighted by Crippen LogP contribution is -1.83. The molecule has 0 unspecified atom stereocenters. The van der Waals surface area contributed by atoms with Crippen LogP contribution in [0.1, 0.15) is 6.92 Å². The lowest BCUT2D eigenvalue weighted by Gasteiger charge is -1.92. The summed E-state index contributed by atoms with van der Waals surface area (Å²) in [6, 6.07) is 11.1. The molecule has 2 rings (SSSR count). The Balaban J connectivity index is 0. The molecular formula is C15H21BrN2O3. The number of nitrogens with zero attached hydrogens (tertiary/aromatic N) is 2. The van der Waals surface area contributed by atoms with Gasteiger partial charge in [-0.25, -0.2) is 9.97 Å². The molecule has 0 aromatic carbocycles. The van der Waals surface area contributed by atoms with E-state index in [-0.39, 0.29) is 0 Å². The van der Waals surface area contributed by atoms with Crippen molar-refractivity contribution < 1.29 is 14.3 Å². The molecule has 5 nitrogen and oxygen atoms in total. The highest BCUT2D eigenvalue weighted by Gasteiger charge is 1.82. The Morgan fingerprint density at radius 1 is 0.905 bits per heavy atom. The number of carbonyl (C=O) groups excluding carboxylic acids is 1. The monoisotopic (exact) mass is 356 g/mol. The quantitative estimate of drug-likeness (QED) is 0.609. The number of hydrogen-bond acceptors (Lipinski definition) is 5. The van der Waals surface area contributed by atoms with Crippen molar-refractivity contribution in [1.29, 1.82) is 0 Å². The zero-order valence-electron chi connectivity index (χ0n) is 12.7. The number of aromatic nitrogens is 2. The van der Waals surface area contributed by atoms with Crippen LogP contribution in [0.15, 0.2) is 48.8 Å². The molecule has 21 heavy (non-hydrogen) atoms. The Hall–Kier alpha value is -1.95. The van der Waals surface area contributed by atoms with E-state index in [4.69, 9.17) is 14.3 Å². The molecule has 6 heteroatoms. The molecule has 0 aliphatic carbocycles. The minimum atomic E-state index is 0.660. The Morgan fingerprint density at radius 2 is 1.24 bits per heavy atom. The number of aldehydes is 1. The fraction of sp³-hybridized carbons (Fsp3) is 0.267. The van der Waals surface area contributed by atoms with Gasteiger partial charge in [-0.05, 0) is 24.9 Å². The van der Waals surface area contributed by atoms with Gasteiger partial charge in [0.05, 0.1) is 14.2 Å². The van der Waals surface area contributed by atoms with Crippen LogP contribution < -0.4 is 9.47 Å². The van der Waals surface area contributed by atoms with Crippen LogP contribution in [0.5, 0.6) is 11.8 Å². The molecule has 0 aliphatic heterocycles. The average Bonchev–Trinajstić information content (AvgIpc) is 2.59. The molecule has 0 spiro atoms. The Bertz CT molecular complexity index is 388. The van der Waals surface area contributed by atoms with Gasteiger partial charge < -0.3 is 14.3 Å². The Morgan fingerprint density at radius 3 is 1.38 bits per heavy atom. The van der Waals surface area contributed by atoms with E-state index in [1.807, 2.05) is 30.1 Å². The van der Waals surface area contributed by atoms with Crippen LogP contribution in [0.4, 0.5) is 0 Å². The lowest BCUT2D eigenvalue weighted by molar-refractivity contribution is -0.106. The summed E-state index contributed by atoms with van der Waals surface area (Å²) in [4.78, 5) is 16.6. The normalized spacial score (nSPS) is 7.48. The number of methoxy groups -OCH3 is 2. The molecular weight excluding hydrogens is 336 g/mol. The summed E-state index contributed by atoms with van der Waals surface area (Å²) in [5.74, 6) is 3.13. The first-order valence-corrected chi connectivity index (χ1v) is 7.54. The van der Waals surface area contributed by atoms with Crippen molar-refractivity contribution in [2.75, 3.05) is 20.1 Å². The third kappa shape index (κ3) is 14.3. The summed E-state index contributed by atoms with van der Waals surface area (Å²) in [5.41, 5.74) is 0. The summed E-state index contributed by atoms with van der Waals surface area (Å²) in [7, 11) is 3.20. The van der Waals surface area contributed by atoms with Crippen molar-refractivity contribution >= 4 is 22.2 Å². The first-order chi connectivity index (χ1) is 10.3.